The van der Waals surface area contributed by atoms with E-state index in [9.17, 15) is 9.59 Å². The molecule has 1 aliphatic rings. The van der Waals surface area contributed by atoms with Gasteiger partial charge in [0.1, 0.15) is 11.6 Å². The molecule has 8 heteroatoms. The summed E-state index contributed by atoms with van der Waals surface area (Å²) in [5.74, 6) is 0.171. The predicted octanol–water partition coefficient (Wildman–Crippen LogP) is 1.42. The molecule has 1 aromatic carbocycles. The van der Waals surface area contributed by atoms with Crippen molar-refractivity contribution in [3.05, 3.63) is 47.9 Å². The molecule has 1 aromatic heterocycles. The smallest absolute Gasteiger partial charge is 0.356 e. The molecule has 8 nitrogen and oxygen atoms in total. The van der Waals surface area contributed by atoms with Gasteiger partial charge in [0, 0.05) is 19.6 Å². The minimum absolute atomic E-state index is 0.00225. The van der Waals surface area contributed by atoms with Gasteiger partial charge >= 0.3 is 5.97 Å². The first-order valence-corrected chi connectivity index (χ1v) is 8.28. The maximum absolute atomic E-state index is 12.6. The van der Waals surface area contributed by atoms with E-state index >= 15 is 0 Å². The van der Waals surface area contributed by atoms with Gasteiger partial charge in [0.2, 0.25) is 5.91 Å². The van der Waals surface area contributed by atoms with Gasteiger partial charge in [0.15, 0.2) is 5.69 Å². The molecule has 1 N–H and O–H groups in total. The van der Waals surface area contributed by atoms with E-state index in [0.29, 0.717) is 25.5 Å². The van der Waals surface area contributed by atoms with Crippen molar-refractivity contribution in [2.75, 3.05) is 31.6 Å². The average molecular weight is 356 g/mol. The lowest BCUT2D eigenvalue weighted by molar-refractivity contribution is -0.129. The van der Waals surface area contributed by atoms with Crippen LogP contribution in [-0.2, 0) is 11.3 Å². The number of carboxylic acid groups (broad SMARTS) is 1. The van der Waals surface area contributed by atoms with E-state index in [1.165, 1.54) is 12.4 Å². The number of benzene rings is 1. The zero-order chi connectivity index (χ0) is 18.5. The molecule has 1 aliphatic heterocycles. The summed E-state index contributed by atoms with van der Waals surface area (Å²) in [5.41, 5.74) is 0.925. The number of ether oxygens (including phenoxy) is 1. The van der Waals surface area contributed by atoms with Crippen LogP contribution in [0.1, 0.15) is 22.5 Å². The molecule has 0 aliphatic carbocycles. The summed E-state index contributed by atoms with van der Waals surface area (Å²) in [6, 6.07) is 7.66. The normalized spacial score (nSPS) is 14.9. The van der Waals surface area contributed by atoms with E-state index < -0.39 is 5.97 Å². The summed E-state index contributed by atoms with van der Waals surface area (Å²) in [7, 11) is 1.62. The number of rotatable bonds is 5. The zero-order valence-electron chi connectivity index (χ0n) is 14.5. The van der Waals surface area contributed by atoms with Gasteiger partial charge in [-0.05, 0) is 24.1 Å². The van der Waals surface area contributed by atoms with Crippen LogP contribution in [0.4, 0.5) is 5.82 Å². The van der Waals surface area contributed by atoms with Crippen molar-refractivity contribution in [3.8, 4) is 5.75 Å². The number of hydrogen-bond donors (Lipinski definition) is 1. The maximum Gasteiger partial charge on any atom is 0.356 e. The Labute approximate surface area is 151 Å². The zero-order valence-corrected chi connectivity index (χ0v) is 14.5. The summed E-state index contributed by atoms with van der Waals surface area (Å²) in [4.78, 5) is 35.1. The Hall–Kier alpha value is -3.16. The summed E-state index contributed by atoms with van der Waals surface area (Å²) < 4.78 is 5.15. The van der Waals surface area contributed by atoms with Crippen LogP contribution in [0.5, 0.6) is 5.75 Å². The Kier molecular flexibility index (Phi) is 5.31. The van der Waals surface area contributed by atoms with Gasteiger partial charge in [-0.25, -0.2) is 14.8 Å². The SMILES string of the molecule is COc1ccc(CN2CCCN(c3cnc(C(=O)O)cn3)CC2=O)cc1. The van der Waals surface area contributed by atoms with E-state index in [4.69, 9.17) is 9.84 Å². The number of nitrogens with zero attached hydrogens (tertiary/aromatic N) is 4. The first-order valence-electron chi connectivity index (χ1n) is 8.28. The van der Waals surface area contributed by atoms with Crippen LogP contribution in [0.15, 0.2) is 36.7 Å². The van der Waals surface area contributed by atoms with Gasteiger partial charge in [0.05, 0.1) is 26.0 Å². The quantitative estimate of drug-likeness (QED) is 0.865. The Bertz CT molecular complexity index is 777. The first kappa shape index (κ1) is 17.7. The second-order valence-electron chi connectivity index (χ2n) is 6.00. The number of carbonyl (C=O) groups is 2. The highest BCUT2D eigenvalue weighted by Gasteiger charge is 2.23. The second-order valence-corrected chi connectivity index (χ2v) is 6.00. The van der Waals surface area contributed by atoms with Crippen LogP contribution in [0.2, 0.25) is 0 Å². The van der Waals surface area contributed by atoms with Crippen LogP contribution < -0.4 is 9.64 Å². The van der Waals surface area contributed by atoms with Crippen molar-refractivity contribution in [3.63, 3.8) is 0 Å². The minimum atomic E-state index is -1.12. The molecule has 136 valence electrons. The van der Waals surface area contributed by atoms with Crippen LogP contribution in [-0.4, -0.2) is 58.6 Å². The fraction of sp³-hybridized carbons (Fsp3) is 0.333. The van der Waals surface area contributed by atoms with Crippen LogP contribution in [0.3, 0.4) is 0 Å². The van der Waals surface area contributed by atoms with Gasteiger partial charge in [-0.15, -0.1) is 0 Å². The fourth-order valence-corrected chi connectivity index (χ4v) is 2.83. The molecule has 0 atom stereocenters. The molecule has 1 fully saturated rings. The van der Waals surface area contributed by atoms with E-state index in [1.807, 2.05) is 34.1 Å². The van der Waals surface area contributed by atoms with Gasteiger partial charge < -0.3 is 19.6 Å². The van der Waals surface area contributed by atoms with Crippen molar-refractivity contribution in [2.45, 2.75) is 13.0 Å². The standard InChI is InChI=1S/C18H20N4O4/c1-26-14-5-3-13(4-6-14)11-22-8-2-7-21(12-17(22)23)16-10-19-15(9-20-16)18(24)25/h3-6,9-10H,2,7-8,11-12H2,1H3,(H,24,25). The molecular formula is C18H20N4O4. The van der Waals surface area contributed by atoms with Crippen molar-refractivity contribution >= 4 is 17.7 Å². The van der Waals surface area contributed by atoms with Crippen molar-refractivity contribution < 1.29 is 19.4 Å². The average Bonchev–Trinajstić information content (AvgIpc) is 2.84. The molecule has 2 aromatic rings. The fourth-order valence-electron chi connectivity index (χ4n) is 2.83. The lowest BCUT2D eigenvalue weighted by Crippen LogP contribution is -2.36. The van der Waals surface area contributed by atoms with Crippen LogP contribution in [0, 0.1) is 0 Å². The Morgan fingerprint density at radius 3 is 2.58 bits per heavy atom. The molecule has 0 unspecified atom stereocenters. The van der Waals surface area contributed by atoms with E-state index in [2.05, 4.69) is 9.97 Å². The molecular weight excluding hydrogens is 336 g/mol. The van der Waals surface area contributed by atoms with Crippen LogP contribution >= 0.6 is 0 Å². The third-order valence-corrected chi connectivity index (χ3v) is 4.25. The second kappa shape index (κ2) is 7.81. The lowest BCUT2D eigenvalue weighted by atomic mass is 10.2. The maximum atomic E-state index is 12.6. The number of methoxy groups -OCH3 is 1. The number of carbonyl (C=O) groups excluding carboxylic acids is 1. The summed E-state index contributed by atoms with van der Waals surface area (Å²) in [6.45, 7) is 2.05. The van der Waals surface area contributed by atoms with E-state index in [-0.39, 0.29) is 18.1 Å². The van der Waals surface area contributed by atoms with Crippen molar-refractivity contribution in [2.24, 2.45) is 0 Å². The highest BCUT2D eigenvalue weighted by molar-refractivity contribution is 5.85. The number of carboxylic acids is 1. The molecule has 0 saturated carbocycles. The number of aromatic nitrogens is 2. The molecule has 26 heavy (non-hydrogen) atoms. The summed E-state index contributed by atoms with van der Waals surface area (Å²) in [6.07, 6.45) is 3.41. The minimum Gasteiger partial charge on any atom is -0.497 e. The monoisotopic (exact) mass is 356 g/mol. The largest absolute Gasteiger partial charge is 0.497 e. The molecule has 1 saturated heterocycles. The van der Waals surface area contributed by atoms with Crippen LogP contribution in [0.25, 0.3) is 0 Å². The molecule has 0 bridgehead atoms. The first-order chi connectivity index (χ1) is 12.6. The Balaban J connectivity index is 1.66. The Morgan fingerprint density at radius 2 is 1.96 bits per heavy atom. The highest BCUT2D eigenvalue weighted by atomic mass is 16.5. The molecule has 0 spiro atoms. The predicted molar refractivity (Wildman–Crippen MR) is 94.2 cm³/mol. The van der Waals surface area contributed by atoms with Gasteiger partial charge in [-0.3, -0.25) is 4.79 Å². The topological polar surface area (TPSA) is 95.9 Å². The Morgan fingerprint density at radius 1 is 1.19 bits per heavy atom. The third-order valence-electron chi connectivity index (χ3n) is 4.25. The molecule has 3 rings (SSSR count). The summed E-state index contributed by atoms with van der Waals surface area (Å²) in [5, 5.41) is 8.90. The number of hydrogen-bond acceptors (Lipinski definition) is 6. The van der Waals surface area contributed by atoms with Gasteiger partial charge in [0.25, 0.3) is 0 Å². The number of aromatic carboxylic acids is 1. The highest BCUT2D eigenvalue weighted by Crippen LogP contribution is 2.17. The summed E-state index contributed by atoms with van der Waals surface area (Å²) >= 11 is 0. The lowest BCUT2D eigenvalue weighted by Gasteiger charge is -2.22. The number of amides is 1. The van der Waals surface area contributed by atoms with E-state index in [1.54, 1.807) is 7.11 Å². The van der Waals surface area contributed by atoms with Crippen molar-refractivity contribution in [1.82, 2.24) is 14.9 Å². The molecule has 0 radical (unpaired) electrons. The van der Waals surface area contributed by atoms with Gasteiger partial charge in [-0.2, -0.15) is 0 Å². The van der Waals surface area contributed by atoms with Gasteiger partial charge in [-0.1, -0.05) is 12.1 Å². The van der Waals surface area contributed by atoms with Crippen molar-refractivity contribution in [1.29, 1.82) is 0 Å². The molecule has 1 amide bonds. The van der Waals surface area contributed by atoms with E-state index in [0.717, 1.165) is 17.7 Å². The number of anilines is 1. The molecule has 2 heterocycles. The third kappa shape index (κ3) is 4.08.